The molecule has 1 aromatic carbocycles. The van der Waals surface area contributed by atoms with Crippen LogP contribution in [0.1, 0.15) is 70.0 Å². The van der Waals surface area contributed by atoms with Crippen molar-refractivity contribution in [3.8, 4) is 0 Å². The molecule has 1 aromatic rings. The van der Waals surface area contributed by atoms with Crippen molar-refractivity contribution in [2.24, 2.45) is 5.41 Å². The van der Waals surface area contributed by atoms with Crippen molar-refractivity contribution in [2.75, 3.05) is 6.54 Å². The Morgan fingerprint density at radius 2 is 1.84 bits per heavy atom. The number of unbranched alkanes of at least 4 members (excludes halogenated alkanes) is 1. The van der Waals surface area contributed by atoms with Gasteiger partial charge in [0.05, 0.1) is 0 Å². The first-order valence-electron chi connectivity index (χ1n) is 7.87. The number of hydrogen-bond donors (Lipinski definition) is 1. The summed E-state index contributed by atoms with van der Waals surface area (Å²) in [5.41, 5.74) is 3.45. The Hall–Kier alpha value is -0.820. The summed E-state index contributed by atoms with van der Waals surface area (Å²) in [6, 6.07) is 9.90. The summed E-state index contributed by atoms with van der Waals surface area (Å²) >= 11 is 0. The van der Waals surface area contributed by atoms with Crippen molar-refractivity contribution in [1.29, 1.82) is 0 Å². The van der Waals surface area contributed by atoms with E-state index in [0.29, 0.717) is 11.5 Å². The summed E-state index contributed by atoms with van der Waals surface area (Å²) in [6.07, 6.45) is 7.84. The van der Waals surface area contributed by atoms with E-state index in [2.05, 4.69) is 50.4 Å². The third kappa shape index (κ3) is 4.99. The Morgan fingerprint density at radius 3 is 2.42 bits per heavy atom. The molecule has 1 saturated heterocycles. The molecule has 19 heavy (non-hydrogen) atoms. The topological polar surface area (TPSA) is 12.0 Å². The molecular weight excluding hydrogens is 230 g/mol. The maximum absolute atomic E-state index is 3.56. The highest BCUT2D eigenvalue weighted by Crippen LogP contribution is 2.24. The molecule has 1 N–H and O–H groups in total. The van der Waals surface area contributed by atoms with E-state index in [1.54, 1.807) is 0 Å². The summed E-state index contributed by atoms with van der Waals surface area (Å²) < 4.78 is 0. The van der Waals surface area contributed by atoms with Crippen molar-refractivity contribution in [3.63, 3.8) is 0 Å². The molecule has 1 aliphatic rings. The molecule has 0 spiro atoms. The lowest BCUT2D eigenvalue weighted by Gasteiger charge is -2.17. The van der Waals surface area contributed by atoms with Crippen molar-refractivity contribution in [2.45, 2.75) is 65.3 Å². The Labute approximate surface area is 118 Å². The third-order valence-corrected chi connectivity index (χ3v) is 4.08. The summed E-state index contributed by atoms with van der Waals surface area (Å²) in [5, 5.41) is 3.56. The van der Waals surface area contributed by atoms with Gasteiger partial charge in [-0.3, -0.25) is 0 Å². The van der Waals surface area contributed by atoms with E-state index in [4.69, 9.17) is 0 Å². The van der Waals surface area contributed by atoms with Crippen LogP contribution in [-0.2, 0) is 6.42 Å². The van der Waals surface area contributed by atoms with Crippen LogP contribution in [0.25, 0.3) is 0 Å². The fourth-order valence-corrected chi connectivity index (χ4v) is 2.87. The van der Waals surface area contributed by atoms with Gasteiger partial charge in [0.1, 0.15) is 0 Å². The Morgan fingerprint density at radius 1 is 1.11 bits per heavy atom. The number of aryl methyl sites for hydroxylation is 1. The van der Waals surface area contributed by atoms with Crippen LogP contribution in [0.4, 0.5) is 0 Å². The van der Waals surface area contributed by atoms with Crippen LogP contribution in [0.15, 0.2) is 24.3 Å². The first kappa shape index (κ1) is 14.6. The lowest BCUT2D eigenvalue weighted by atomic mass is 9.89. The molecule has 106 valence electrons. The first-order chi connectivity index (χ1) is 9.04. The van der Waals surface area contributed by atoms with Gasteiger partial charge in [0.15, 0.2) is 0 Å². The minimum absolute atomic E-state index is 0.484. The molecule has 2 rings (SSSR count). The van der Waals surface area contributed by atoms with Gasteiger partial charge in [-0.15, -0.1) is 0 Å². The second kappa shape index (κ2) is 6.56. The van der Waals surface area contributed by atoms with Crippen molar-refractivity contribution in [1.82, 2.24) is 5.32 Å². The molecule has 1 aliphatic heterocycles. The second-order valence-corrected chi connectivity index (χ2v) is 7.16. The van der Waals surface area contributed by atoms with E-state index in [9.17, 15) is 0 Å². The lowest BCUT2D eigenvalue weighted by molar-refractivity contribution is 0.360. The summed E-state index contributed by atoms with van der Waals surface area (Å²) in [7, 11) is 0. The SMILES string of the molecule is CC(C)(C)CCCCc1ccc(C2CCCN2)cc1. The molecule has 1 nitrogen and oxygen atoms in total. The number of nitrogens with one attached hydrogen (secondary N) is 1. The Bertz CT molecular complexity index is 366. The molecule has 1 heteroatoms. The minimum Gasteiger partial charge on any atom is -0.310 e. The van der Waals surface area contributed by atoms with E-state index in [1.165, 1.54) is 56.2 Å². The van der Waals surface area contributed by atoms with Gasteiger partial charge < -0.3 is 5.32 Å². The summed E-state index contributed by atoms with van der Waals surface area (Å²) in [6.45, 7) is 8.17. The van der Waals surface area contributed by atoms with Crippen molar-refractivity contribution < 1.29 is 0 Å². The van der Waals surface area contributed by atoms with Gasteiger partial charge in [-0.1, -0.05) is 51.5 Å². The summed E-state index contributed by atoms with van der Waals surface area (Å²) in [5.74, 6) is 0. The molecule has 0 radical (unpaired) electrons. The van der Waals surface area contributed by atoms with Crippen LogP contribution in [0.5, 0.6) is 0 Å². The van der Waals surface area contributed by atoms with E-state index in [1.807, 2.05) is 0 Å². The maximum atomic E-state index is 3.56. The van der Waals surface area contributed by atoms with Gasteiger partial charge in [-0.2, -0.15) is 0 Å². The molecule has 0 bridgehead atoms. The predicted octanol–water partition coefficient (Wildman–Crippen LogP) is 4.87. The fourth-order valence-electron chi connectivity index (χ4n) is 2.87. The third-order valence-electron chi connectivity index (χ3n) is 4.08. The predicted molar refractivity (Wildman–Crippen MR) is 83.4 cm³/mol. The number of hydrogen-bond acceptors (Lipinski definition) is 1. The van der Waals surface area contributed by atoms with Crippen LogP contribution in [-0.4, -0.2) is 6.54 Å². The van der Waals surface area contributed by atoms with Crippen LogP contribution < -0.4 is 5.32 Å². The molecule has 1 heterocycles. The Kier molecular flexibility index (Phi) is 5.04. The van der Waals surface area contributed by atoms with Crippen LogP contribution in [0.2, 0.25) is 0 Å². The fraction of sp³-hybridized carbons (Fsp3) is 0.667. The normalized spacial score (nSPS) is 19.8. The largest absolute Gasteiger partial charge is 0.310 e. The van der Waals surface area contributed by atoms with Crippen molar-refractivity contribution in [3.05, 3.63) is 35.4 Å². The van der Waals surface area contributed by atoms with Gasteiger partial charge in [0.2, 0.25) is 0 Å². The zero-order valence-corrected chi connectivity index (χ0v) is 12.8. The molecule has 0 aromatic heterocycles. The smallest absolute Gasteiger partial charge is 0.0320 e. The quantitative estimate of drug-likeness (QED) is 0.744. The zero-order valence-electron chi connectivity index (χ0n) is 12.8. The number of rotatable bonds is 5. The van der Waals surface area contributed by atoms with Gasteiger partial charge in [0, 0.05) is 6.04 Å². The van der Waals surface area contributed by atoms with Crippen LogP contribution >= 0.6 is 0 Å². The molecule has 1 unspecified atom stereocenters. The first-order valence-corrected chi connectivity index (χ1v) is 7.87. The summed E-state index contributed by atoms with van der Waals surface area (Å²) in [4.78, 5) is 0. The second-order valence-electron chi connectivity index (χ2n) is 7.16. The van der Waals surface area contributed by atoms with Gasteiger partial charge in [0.25, 0.3) is 0 Å². The number of benzene rings is 1. The molecule has 0 saturated carbocycles. The maximum Gasteiger partial charge on any atom is 0.0320 e. The molecule has 0 amide bonds. The van der Waals surface area contributed by atoms with Crippen LogP contribution in [0.3, 0.4) is 0 Å². The Balaban J connectivity index is 1.75. The highest BCUT2D eigenvalue weighted by atomic mass is 14.9. The van der Waals surface area contributed by atoms with Gasteiger partial charge in [-0.25, -0.2) is 0 Å². The highest BCUT2D eigenvalue weighted by Gasteiger charge is 2.15. The highest BCUT2D eigenvalue weighted by molar-refractivity contribution is 5.25. The standard InChI is InChI=1S/C18H29N/c1-18(2,3)13-5-4-7-15-9-11-16(12-10-15)17-8-6-14-19-17/h9-12,17,19H,4-8,13-14H2,1-3H3. The van der Waals surface area contributed by atoms with Gasteiger partial charge in [-0.05, 0) is 55.2 Å². The van der Waals surface area contributed by atoms with Crippen LogP contribution in [0, 0.1) is 5.41 Å². The van der Waals surface area contributed by atoms with E-state index >= 15 is 0 Å². The van der Waals surface area contributed by atoms with E-state index in [0.717, 1.165) is 0 Å². The molecular formula is C18H29N. The van der Waals surface area contributed by atoms with E-state index in [-0.39, 0.29) is 0 Å². The average molecular weight is 259 g/mol. The van der Waals surface area contributed by atoms with Crippen molar-refractivity contribution >= 4 is 0 Å². The lowest BCUT2D eigenvalue weighted by Crippen LogP contribution is -2.12. The molecule has 0 aliphatic carbocycles. The molecule has 1 fully saturated rings. The van der Waals surface area contributed by atoms with E-state index < -0.39 is 0 Å². The zero-order chi connectivity index (χ0) is 13.7. The molecule has 1 atom stereocenters. The average Bonchev–Trinajstić information content (AvgIpc) is 2.88. The monoisotopic (exact) mass is 259 g/mol. The minimum atomic E-state index is 0.484. The van der Waals surface area contributed by atoms with Gasteiger partial charge >= 0.3 is 0 Å².